The van der Waals surface area contributed by atoms with Crippen LogP contribution in [0.1, 0.15) is 16.7 Å². The molecule has 0 amide bonds. The van der Waals surface area contributed by atoms with Gasteiger partial charge in [-0.3, -0.25) is 15.0 Å². The Morgan fingerprint density at radius 3 is 2.17 bits per heavy atom. The van der Waals surface area contributed by atoms with Crippen LogP contribution in [0.2, 0.25) is 0 Å². The zero-order valence-electron chi connectivity index (χ0n) is 19.9. The molecule has 0 unspecified atom stereocenters. The van der Waals surface area contributed by atoms with Gasteiger partial charge in [-0.25, -0.2) is 4.98 Å². The van der Waals surface area contributed by atoms with E-state index in [1.165, 1.54) is 16.5 Å². The summed E-state index contributed by atoms with van der Waals surface area (Å²) in [5, 5.41) is 3.50. The van der Waals surface area contributed by atoms with Gasteiger partial charge in [0.1, 0.15) is 0 Å². The van der Waals surface area contributed by atoms with Crippen LogP contribution < -0.4 is 0 Å². The van der Waals surface area contributed by atoms with Crippen LogP contribution in [0.25, 0.3) is 55.4 Å². The summed E-state index contributed by atoms with van der Waals surface area (Å²) in [6.45, 7) is 6.28. The summed E-state index contributed by atoms with van der Waals surface area (Å²) >= 11 is 0. The first-order chi connectivity index (χ1) is 17.0. The molecule has 6 rings (SSSR count). The average Bonchev–Trinajstić information content (AvgIpc) is 2.88. The lowest BCUT2D eigenvalue weighted by atomic mass is 9.96. The minimum atomic E-state index is 0.828. The van der Waals surface area contributed by atoms with Crippen LogP contribution in [0.15, 0.2) is 91.5 Å². The number of hydrogen-bond donors (Lipinski definition) is 0. The molecule has 0 radical (unpaired) electrons. The van der Waals surface area contributed by atoms with Crippen LogP contribution in [0.5, 0.6) is 0 Å². The molecule has 0 aliphatic rings. The van der Waals surface area contributed by atoms with Gasteiger partial charge < -0.3 is 0 Å². The third-order valence-electron chi connectivity index (χ3n) is 6.37. The highest BCUT2D eigenvalue weighted by atomic mass is 14.8. The fourth-order valence-electron chi connectivity index (χ4n) is 4.62. The molecule has 3 aromatic heterocycles. The molecule has 168 valence electrons. The normalized spacial score (nSPS) is 11.3. The van der Waals surface area contributed by atoms with Gasteiger partial charge in [-0.05, 0) is 73.0 Å². The second kappa shape index (κ2) is 8.41. The highest BCUT2D eigenvalue weighted by molar-refractivity contribution is 6.12. The minimum absolute atomic E-state index is 0.828. The van der Waals surface area contributed by atoms with E-state index < -0.39 is 0 Å². The predicted molar refractivity (Wildman–Crippen MR) is 143 cm³/mol. The molecule has 0 fully saturated rings. The summed E-state index contributed by atoms with van der Waals surface area (Å²) in [6.07, 6.45) is 7.42. The fraction of sp³-hybridized carbons (Fsp3) is 0.0968. The zero-order chi connectivity index (χ0) is 23.9. The molecular formula is C31H24N4. The van der Waals surface area contributed by atoms with Crippen molar-refractivity contribution in [2.24, 2.45) is 0 Å². The lowest BCUT2D eigenvalue weighted by Crippen LogP contribution is -1.94. The van der Waals surface area contributed by atoms with E-state index in [0.29, 0.717) is 0 Å². The van der Waals surface area contributed by atoms with Crippen molar-refractivity contribution in [2.45, 2.75) is 20.8 Å². The Morgan fingerprint density at radius 1 is 0.543 bits per heavy atom. The Labute approximate surface area is 204 Å². The smallest absolute Gasteiger partial charge is 0.0899 e. The van der Waals surface area contributed by atoms with E-state index in [9.17, 15) is 0 Å². The quantitative estimate of drug-likeness (QED) is 0.261. The predicted octanol–water partition coefficient (Wildman–Crippen LogP) is 7.50. The Hall–Kier alpha value is -4.44. The average molecular weight is 453 g/mol. The van der Waals surface area contributed by atoms with E-state index in [-0.39, 0.29) is 0 Å². The second-order valence-corrected chi connectivity index (χ2v) is 9.14. The van der Waals surface area contributed by atoms with E-state index in [1.807, 2.05) is 36.9 Å². The molecule has 0 saturated carbocycles. The Balaban J connectivity index is 1.51. The van der Waals surface area contributed by atoms with Crippen LogP contribution >= 0.6 is 0 Å². The zero-order valence-corrected chi connectivity index (χ0v) is 19.9. The van der Waals surface area contributed by atoms with E-state index in [2.05, 4.69) is 85.3 Å². The molecule has 4 heteroatoms. The van der Waals surface area contributed by atoms with Crippen LogP contribution in [0.3, 0.4) is 0 Å². The van der Waals surface area contributed by atoms with Crippen molar-refractivity contribution in [3.63, 3.8) is 0 Å². The summed E-state index contributed by atoms with van der Waals surface area (Å²) in [6, 6.07) is 23.3. The van der Waals surface area contributed by atoms with Crippen molar-refractivity contribution >= 4 is 21.7 Å². The molecule has 35 heavy (non-hydrogen) atoms. The lowest BCUT2D eigenvalue weighted by Gasteiger charge is -2.12. The maximum Gasteiger partial charge on any atom is 0.0899 e. The molecule has 0 bridgehead atoms. The van der Waals surface area contributed by atoms with Crippen molar-refractivity contribution in [1.82, 2.24) is 19.9 Å². The van der Waals surface area contributed by atoms with Crippen molar-refractivity contribution in [2.75, 3.05) is 0 Å². The van der Waals surface area contributed by atoms with Gasteiger partial charge in [0.25, 0.3) is 0 Å². The maximum absolute atomic E-state index is 5.05. The Morgan fingerprint density at radius 2 is 1.31 bits per heavy atom. The number of hydrogen-bond acceptors (Lipinski definition) is 4. The number of benzene rings is 3. The van der Waals surface area contributed by atoms with Gasteiger partial charge in [0.2, 0.25) is 0 Å². The van der Waals surface area contributed by atoms with Crippen molar-refractivity contribution < 1.29 is 0 Å². The summed E-state index contributed by atoms with van der Waals surface area (Å²) in [5.41, 5.74) is 10.2. The van der Waals surface area contributed by atoms with Crippen molar-refractivity contribution in [3.05, 3.63) is 108 Å². The van der Waals surface area contributed by atoms with Crippen LogP contribution in [0.4, 0.5) is 0 Å². The van der Waals surface area contributed by atoms with E-state index in [1.54, 1.807) is 0 Å². The molecule has 0 atom stereocenters. The monoisotopic (exact) mass is 452 g/mol. The topological polar surface area (TPSA) is 51.6 Å². The summed E-state index contributed by atoms with van der Waals surface area (Å²) in [5.74, 6) is 0. The summed E-state index contributed by atoms with van der Waals surface area (Å²) < 4.78 is 0. The standard InChI is InChI=1S/C31H24N4/c1-19-7-8-24-25(11-19)26-12-21(3)16-34-29(26)15-27(24)31-18-32-17-30(35-31)23-6-4-5-22(14-23)28-13-20(2)9-10-33-28/h4-18H,1-3H3. The molecule has 6 aromatic rings. The van der Waals surface area contributed by atoms with Crippen molar-refractivity contribution in [3.8, 4) is 33.8 Å². The first-order valence-corrected chi connectivity index (χ1v) is 11.7. The Bertz CT molecular complexity index is 1740. The van der Waals surface area contributed by atoms with Gasteiger partial charge in [-0.15, -0.1) is 0 Å². The third kappa shape index (κ3) is 3.93. The third-order valence-corrected chi connectivity index (χ3v) is 6.37. The number of aryl methyl sites for hydroxylation is 3. The number of aromatic nitrogens is 4. The molecule has 0 spiro atoms. The van der Waals surface area contributed by atoms with Gasteiger partial charge in [0.15, 0.2) is 0 Å². The fourth-order valence-corrected chi connectivity index (χ4v) is 4.62. The van der Waals surface area contributed by atoms with Crippen LogP contribution in [0, 0.1) is 20.8 Å². The molecule has 0 N–H and O–H groups in total. The molecule has 0 aliphatic carbocycles. The number of pyridine rings is 2. The molecule has 0 aliphatic heterocycles. The summed E-state index contributed by atoms with van der Waals surface area (Å²) in [7, 11) is 0. The minimum Gasteiger partial charge on any atom is -0.260 e. The number of nitrogens with zero attached hydrogens (tertiary/aromatic N) is 4. The largest absolute Gasteiger partial charge is 0.260 e. The molecule has 0 saturated heterocycles. The van der Waals surface area contributed by atoms with E-state index >= 15 is 0 Å². The SMILES string of the molecule is Cc1ccnc(-c2cccc(-c3cncc(-c4cc5ncc(C)cc5c5cc(C)ccc45)n3)c2)c1. The highest BCUT2D eigenvalue weighted by Crippen LogP contribution is 2.35. The van der Waals surface area contributed by atoms with E-state index in [0.717, 1.165) is 55.6 Å². The first kappa shape index (κ1) is 21.1. The van der Waals surface area contributed by atoms with Crippen LogP contribution in [-0.4, -0.2) is 19.9 Å². The van der Waals surface area contributed by atoms with Gasteiger partial charge in [0.05, 0.1) is 35.0 Å². The van der Waals surface area contributed by atoms with Crippen molar-refractivity contribution in [1.29, 1.82) is 0 Å². The number of rotatable bonds is 3. The van der Waals surface area contributed by atoms with E-state index in [4.69, 9.17) is 9.97 Å². The van der Waals surface area contributed by atoms with Crippen LogP contribution in [-0.2, 0) is 0 Å². The van der Waals surface area contributed by atoms with Gasteiger partial charge in [-0.1, -0.05) is 42.0 Å². The van der Waals surface area contributed by atoms with Gasteiger partial charge in [-0.2, -0.15) is 0 Å². The highest BCUT2D eigenvalue weighted by Gasteiger charge is 2.13. The second-order valence-electron chi connectivity index (χ2n) is 9.14. The van der Waals surface area contributed by atoms with Gasteiger partial charge >= 0.3 is 0 Å². The molecule has 3 heterocycles. The van der Waals surface area contributed by atoms with Gasteiger partial charge in [0, 0.05) is 34.5 Å². The Kier molecular flexibility index (Phi) is 5.07. The lowest BCUT2D eigenvalue weighted by molar-refractivity contribution is 1.21. The molecule has 3 aromatic carbocycles. The molecule has 4 nitrogen and oxygen atoms in total. The summed E-state index contributed by atoms with van der Waals surface area (Å²) in [4.78, 5) is 18.9. The maximum atomic E-state index is 5.05. The number of fused-ring (bicyclic) bond motifs is 3. The first-order valence-electron chi connectivity index (χ1n) is 11.7. The molecular weight excluding hydrogens is 428 g/mol.